The summed E-state index contributed by atoms with van der Waals surface area (Å²) >= 11 is 0. The highest BCUT2D eigenvalue weighted by atomic mass is 31.2. The Morgan fingerprint density at radius 3 is 2.61 bits per heavy atom. The van der Waals surface area contributed by atoms with E-state index in [2.05, 4.69) is 0 Å². The number of benzene rings is 2. The molecule has 0 aliphatic carbocycles. The summed E-state index contributed by atoms with van der Waals surface area (Å²) in [6, 6.07) is 14.1. The van der Waals surface area contributed by atoms with Crippen molar-refractivity contribution in [3.63, 3.8) is 0 Å². The molecule has 2 aromatic carbocycles. The van der Waals surface area contributed by atoms with Gasteiger partial charge in [-0.3, -0.25) is 13.9 Å². The van der Waals surface area contributed by atoms with Gasteiger partial charge in [0, 0.05) is 0 Å². The van der Waals surface area contributed by atoms with Gasteiger partial charge >= 0.3 is 7.60 Å². The molecule has 116 valence electrons. The highest BCUT2D eigenvalue weighted by Crippen LogP contribution is 2.54. The van der Waals surface area contributed by atoms with Crippen LogP contribution in [-0.4, -0.2) is 4.89 Å². The van der Waals surface area contributed by atoms with Crippen molar-refractivity contribution >= 4 is 23.9 Å². The van der Waals surface area contributed by atoms with Gasteiger partial charge in [0.25, 0.3) is 0 Å². The summed E-state index contributed by atoms with van der Waals surface area (Å²) in [5, 5.41) is 0.0276. The molecule has 0 spiro atoms. The predicted molar refractivity (Wildman–Crippen MR) is 86.1 cm³/mol. The van der Waals surface area contributed by atoms with Crippen LogP contribution in [0.3, 0.4) is 0 Å². The van der Waals surface area contributed by atoms with Gasteiger partial charge in [-0.05, 0) is 24.6 Å². The lowest BCUT2D eigenvalue weighted by atomic mass is 10.1. The molecule has 2 unspecified atom stereocenters. The summed E-state index contributed by atoms with van der Waals surface area (Å²) in [5.74, 6) is 0.114. The monoisotopic (exact) mass is 328 g/mol. The van der Waals surface area contributed by atoms with Gasteiger partial charge in [0.15, 0.2) is 17.2 Å². The fourth-order valence-electron chi connectivity index (χ4n) is 2.85. The van der Waals surface area contributed by atoms with Crippen LogP contribution in [0.4, 0.5) is 0 Å². The van der Waals surface area contributed by atoms with Crippen molar-refractivity contribution in [1.82, 2.24) is 0 Å². The van der Waals surface area contributed by atoms with Gasteiger partial charge in [0.2, 0.25) is 5.43 Å². The van der Waals surface area contributed by atoms with Crippen LogP contribution >= 0.6 is 7.60 Å². The minimum Gasteiger partial charge on any atom is -0.457 e. The van der Waals surface area contributed by atoms with Crippen LogP contribution < -0.4 is 10.7 Å². The highest BCUT2D eigenvalue weighted by Gasteiger charge is 2.46. The zero-order valence-corrected chi connectivity index (χ0v) is 13.1. The lowest BCUT2D eigenvalue weighted by molar-refractivity contribution is 0.210. The second-order valence-electron chi connectivity index (χ2n) is 5.56. The second-order valence-corrected chi connectivity index (χ2v) is 7.26. The zero-order chi connectivity index (χ0) is 16.2. The van der Waals surface area contributed by atoms with E-state index in [9.17, 15) is 14.3 Å². The molecule has 2 heterocycles. The maximum Gasteiger partial charge on any atom is 0.367 e. The second kappa shape index (κ2) is 4.90. The number of aryl methyl sites for hydroxylation is 1. The van der Waals surface area contributed by atoms with E-state index in [1.807, 2.05) is 19.1 Å². The minimum atomic E-state index is -4.22. The van der Waals surface area contributed by atoms with E-state index in [4.69, 9.17) is 8.94 Å². The largest absolute Gasteiger partial charge is 0.457 e. The van der Waals surface area contributed by atoms with Gasteiger partial charge < -0.3 is 9.31 Å². The molecule has 23 heavy (non-hydrogen) atoms. The molecule has 1 aromatic heterocycles. The highest BCUT2D eigenvalue weighted by molar-refractivity contribution is 7.61. The molecule has 1 aliphatic rings. The standard InChI is InChI=1S/C17H13O5P/c1-10-7-8-13-12(9-10)14(18)17-16(21-13)15(22-23(17,19)20)11-5-3-2-4-6-11/h2-9,15H,1H3,(H,19,20). The Morgan fingerprint density at radius 2 is 1.87 bits per heavy atom. The third-order valence-corrected chi connectivity index (χ3v) is 5.40. The number of hydrogen-bond donors (Lipinski definition) is 1. The molecule has 1 aliphatic heterocycles. The third kappa shape index (κ3) is 2.17. The third-order valence-electron chi connectivity index (χ3n) is 3.92. The Bertz CT molecular complexity index is 1020. The van der Waals surface area contributed by atoms with Crippen molar-refractivity contribution in [2.75, 3.05) is 0 Å². The first-order valence-electron chi connectivity index (χ1n) is 7.11. The lowest BCUT2D eigenvalue weighted by Crippen LogP contribution is -2.25. The van der Waals surface area contributed by atoms with Crippen LogP contribution in [0, 0.1) is 6.92 Å². The van der Waals surface area contributed by atoms with E-state index < -0.39 is 19.1 Å². The van der Waals surface area contributed by atoms with E-state index in [0.717, 1.165) is 5.56 Å². The molecule has 0 bridgehead atoms. The number of fused-ring (bicyclic) bond motifs is 2. The molecule has 0 amide bonds. The Hall–Kier alpha value is -2.20. The van der Waals surface area contributed by atoms with Gasteiger partial charge in [0.1, 0.15) is 5.58 Å². The van der Waals surface area contributed by atoms with Crippen molar-refractivity contribution in [3.05, 3.63) is 75.6 Å². The molecule has 0 radical (unpaired) electrons. The van der Waals surface area contributed by atoms with Crippen LogP contribution in [0.15, 0.2) is 57.7 Å². The fourth-order valence-corrected chi connectivity index (χ4v) is 4.27. The molecular formula is C17H13O5P. The normalized spacial score (nSPS) is 23.1. The number of hydrogen-bond acceptors (Lipinski definition) is 4. The van der Waals surface area contributed by atoms with Crippen molar-refractivity contribution in [2.24, 2.45) is 0 Å². The van der Waals surface area contributed by atoms with E-state index in [0.29, 0.717) is 11.1 Å². The van der Waals surface area contributed by atoms with E-state index in [1.165, 1.54) is 0 Å². The van der Waals surface area contributed by atoms with Crippen molar-refractivity contribution in [3.8, 4) is 0 Å². The summed E-state index contributed by atoms with van der Waals surface area (Å²) in [4.78, 5) is 22.9. The molecule has 1 N–H and O–H groups in total. The smallest absolute Gasteiger partial charge is 0.367 e. The molecule has 5 nitrogen and oxygen atoms in total. The fraction of sp³-hybridized carbons (Fsp3) is 0.118. The first-order valence-corrected chi connectivity index (χ1v) is 8.69. The van der Waals surface area contributed by atoms with Gasteiger partial charge in [-0.1, -0.05) is 42.0 Å². The average molecular weight is 328 g/mol. The topological polar surface area (TPSA) is 76.7 Å². The molecule has 0 fully saturated rings. The summed E-state index contributed by atoms with van der Waals surface area (Å²) < 4.78 is 23.5. The first kappa shape index (κ1) is 14.4. The van der Waals surface area contributed by atoms with Gasteiger partial charge in [-0.15, -0.1) is 0 Å². The van der Waals surface area contributed by atoms with Crippen LogP contribution in [0.2, 0.25) is 0 Å². The van der Waals surface area contributed by atoms with Gasteiger partial charge in [-0.2, -0.15) is 0 Å². The Balaban J connectivity index is 2.06. The van der Waals surface area contributed by atoms with Crippen molar-refractivity contribution in [2.45, 2.75) is 13.0 Å². The van der Waals surface area contributed by atoms with Crippen LogP contribution in [0.1, 0.15) is 23.0 Å². The molecule has 6 heteroatoms. The van der Waals surface area contributed by atoms with Crippen LogP contribution in [-0.2, 0) is 9.09 Å². The Kier molecular flexibility index (Phi) is 3.07. The maximum atomic E-state index is 12.7. The van der Waals surface area contributed by atoms with E-state index >= 15 is 0 Å². The van der Waals surface area contributed by atoms with Crippen LogP contribution in [0.5, 0.6) is 0 Å². The summed E-state index contributed by atoms with van der Waals surface area (Å²) in [6.45, 7) is 1.84. The first-order chi connectivity index (χ1) is 11.0. The van der Waals surface area contributed by atoms with Crippen molar-refractivity contribution < 1.29 is 18.4 Å². The summed E-state index contributed by atoms with van der Waals surface area (Å²) in [7, 11) is -4.22. The zero-order valence-electron chi connectivity index (χ0n) is 12.2. The Morgan fingerprint density at radius 1 is 1.13 bits per heavy atom. The van der Waals surface area contributed by atoms with E-state index in [1.54, 1.807) is 36.4 Å². The molecule has 0 saturated heterocycles. The molecule has 4 rings (SSSR count). The van der Waals surface area contributed by atoms with Crippen LogP contribution in [0.25, 0.3) is 11.0 Å². The maximum absolute atomic E-state index is 12.7. The minimum absolute atomic E-state index is 0.114. The molecule has 2 atom stereocenters. The van der Waals surface area contributed by atoms with E-state index in [-0.39, 0.29) is 16.5 Å². The SMILES string of the molecule is Cc1ccc2oc3c(c(=O)c2c1)P(=O)(O)OC3c1ccccc1. The molecule has 0 saturated carbocycles. The lowest BCUT2D eigenvalue weighted by Gasteiger charge is -2.10. The van der Waals surface area contributed by atoms with Gasteiger partial charge in [-0.25, -0.2) is 0 Å². The summed E-state index contributed by atoms with van der Waals surface area (Å²) in [6.07, 6.45) is -0.861. The van der Waals surface area contributed by atoms with Gasteiger partial charge in [0.05, 0.1) is 5.39 Å². The average Bonchev–Trinajstić information content (AvgIpc) is 2.80. The number of rotatable bonds is 1. The predicted octanol–water partition coefficient (Wildman–Crippen LogP) is 3.03. The Labute approximate surface area is 131 Å². The molecule has 3 aromatic rings. The van der Waals surface area contributed by atoms with Crippen molar-refractivity contribution in [1.29, 1.82) is 0 Å². The quantitative estimate of drug-likeness (QED) is 0.695. The summed E-state index contributed by atoms with van der Waals surface area (Å²) in [5.41, 5.74) is 1.41. The molecular weight excluding hydrogens is 315 g/mol.